The predicted molar refractivity (Wildman–Crippen MR) is 82.5 cm³/mol. The van der Waals surface area contributed by atoms with Crippen molar-refractivity contribution in [3.05, 3.63) is 35.4 Å². The number of unbranched alkanes of at least 4 members (excludes halogenated alkanes) is 3. The van der Waals surface area contributed by atoms with Gasteiger partial charge in [-0.25, -0.2) is 4.21 Å². The van der Waals surface area contributed by atoms with Gasteiger partial charge in [0.1, 0.15) is 0 Å². The summed E-state index contributed by atoms with van der Waals surface area (Å²) in [6, 6.07) is 6.78. The van der Waals surface area contributed by atoms with Crippen molar-refractivity contribution in [1.29, 1.82) is 0 Å². The molecule has 1 aliphatic heterocycles. The number of carbonyl (C=O) groups excluding carboxylic acids is 2. The van der Waals surface area contributed by atoms with E-state index >= 15 is 0 Å². The third-order valence-corrected chi connectivity index (χ3v) is 4.13. The van der Waals surface area contributed by atoms with Gasteiger partial charge in [0, 0.05) is 6.54 Å². The van der Waals surface area contributed by atoms with Gasteiger partial charge in [0.15, 0.2) is 0 Å². The minimum atomic E-state index is -3.79. The number of hydrogen-bond donors (Lipinski definition) is 0. The van der Waals surface area contributed by atoms with Crippen LogP contribution in [0.25, 0.3) is 0 Å². The van der Waals surface area contributed by atoms with Crippen molar-refractivity contribution >= 4 is 32.1 Å². The van der Waals surface area contributed by atoms with Crippen LogP contribution in [0.5, 0.6) is 0 Å². The predicted octanol–water partition coefficient (Wildman–Crippen LogP) is -1.34. The quantitative estimate of drug-likeness (QED) is 0.322. The van der Waals surface area contributed by atoms with E-state index in [0.717, 1.165) is 12.8 Å². The molecule has 0 spiro atoms. The van der Waals surface area contributed by atoms with Crippen molar-refractivity contribution < 1.29 is 52.1 Å². The number of carbonyl (C=O) groups is 2. The molecule has 0 saturated heterocycles. The summed E-state index contributed by atoms with van der Waals surface area (Å²) in [7, 11) is -3.79. The van der Waals surface area contributed by atoms with Crippen LogP contribution < -0.4 is 29.6 Å². The number of hydrogen-bond acceptors (Lipinski definition) is 6. The first-order valence-electron chi connectivity index (χ1n) is 6.95. The molecule has 6 nitrogen and oxygen atoms in total. The largest absolute Gasteiger partial charge is 1.00 e. The van der Waals surface area contributed by atoms with E-state index in [1.807, 2.05) is 0 Å². The Morgan fingerprint density at radius 1 is 1.04 bits per heavy atom. The molecule has 0 radical (unpaired) electrons. The van der Waals surface area contributed by atoms with E-state index in [1.54, 1.807) is 24.3 Å². The Balaban J connectivity index is 0.00000264. The van der Waals surface area contributed by atoms with Crippen molar-refractivity contribution in [3.63, 3.8) is 0 Å². The van der Waals surface area contributed by atoms with Crippen LogP contribution in [0.15, 0.2) is 24.3 Å². The summed E-state index contributed by atoms with van der Waals surface area (Å²) in [6.45, 7) is 0.436. The van der Waals surface area contributed by atoms with E-state index in [9.17, 15) is 18.4 Å². The van der Waals surface area contributed by atoms with Gasteiger partial charge < -0.3 is 4.55 Å². The summed E-state index contributed by atoms with van der Waals surface area (Å²) >= 11 is 4.09. The van der Waals surface area contributed by atoms with Gasteiger partial charge in [-0.2, -0.15) is 0 Å². The second-order valence-electron chi connectivity index (χ2n) is 4.95. The minimum absolute atomic E-state index is 0. The van der Waals surface area contributed by atoms with Gasteiger partial charge in [0.05, 0.1) is 26.8 Å². The van der Waals surface area contributed by atoms with Crippen LogP contribution in [0.2, 0.25) is 0 Å². The molecule has 23 heavy (non-hydrogen) atoms. The average molecular weight is 365 g/mol. The molecule has 0 N–H and O–H groups in total. The van der Waals surface area contributed by atoms with Crippen molar-refractivity contribution in [1.82, 2.24) is 4.90 Å². The number of imide groups is 1. The van der Waals surface area contributed by atoms with E-state index in [1.165, 1.54) is 4.90 Å². The maximum absolute atomic E-state index is 12.1. The molecule has 0 fully saturated rings. The molecule has 2 amide bonds. The monoisotopic (exact) mass is 365 g/mol. The van der Waals surface area contributed by atoms with E-state index < -0.39 is 9.05 Å². The Hall–Kier alpha value is -0.350. The summed E-state index contributed by atoms with van der Waals surface area (Å²) in [6.07, 6.45) is 2.76. The van der Waals surface area contributed by atoms with Crippen molar-refractivity contribution in [2.45, 2.75) is 25.7 Å². The van der Waals surface area contributed by atoms with Gasteiger partial charge in [-0.05, 0) is 36.2 Å². The zero-order valence-corrected chi connectivity index (χ0v) is 16.5. The number of nitrogens with zero attached hydrogens (tertiary/aromatic N) is 1. The Morgan fingerprint density at radius 2 is 1.57 bits per heavy atom. The fourth-order valence-corrected chi connectivity index (χ4v) is 2.85. The van der Waals surface area contributed by atoms with Crippen molar-refractivity contribution in [2.24, 2.45) is 0 Å². The summed E-state index contributed by atoms with van der Waals surface area (Å²) < 4.78 is 25.6. The maximum atomic E-state index is 12.1. The van der Waals surface area contributed by atoms with Crippen LogP contribution in [0, 0.1) is 0 Å². The maximum Gasteiger partial charge on any atom is 1.00 e. The number of rotatable bonds is 8. The molecule has 9 heteroatoms. The summed E-state index contributed by atoms with van der Waals surface area (Å²) in [5.41, 5.74) is 0.910. The molecule has 120 valence electrons. The summed E-state index contributed by atoms with van der Waals surface area (Å²) in [5.74, 6) is -0.498. The van der Waals surface area contributed by atoms with Gasteiger partial charge >= 0.3 is 29.6 Å². The first kappa shape index (κ1) is 20.7. The zero-order chi connectivity index (χ0) is 16.2. The molecule has 1 aliphatic rings. The Kier molecular flexibility index (Phi) is 8.29. The third-order valence-electron chi connectivity index (χ3n) is 3.38. The molecule has 0 saturated carbocycles. The molecule has 0 aromatic heterocycles. The molecular weight excluding hydrogens is 349 g/mol. The molecule has 1 unspecified atom stereocenters. The Bertz CT molecular complexity index is 643. The van der Waals surface area contributed by atoms with Crippen LogP contribution in [-0.2, 0) is 24.4 Å². The molecule has 1 heterocycles. The standard InChI is InChI=1S/C14H17NO5S2.Na/c16-13-11-7-3-4-8-12(11)14(17)15(13)9-5-1-2-6-10-20-22(18,19)21;/h3-4,7-8H,1-2,5-6,9-10H2,(H,18,19,21);/q;+1/p-1. The first-order chi connectivity index (χ1) is 10.4. The first-order valence-corrected chi connectivity index (χ1v) is 9.29. The van der Waals surface area contributed by atoms with E-state index in [-0.39, 0.29) is 48.0 Å². The van der Waals surface area contributed by atoms with Gasteiger partial charge in [-0.3, -0.25) is 18.7 Å². The Labute approximate surface area is 162 Å². The van der Waals surface area contributed by atoms with Gasteiger partial charge in [0.25, 0.3) is 11.8 Å². The Morgan fingerprint density at radius 3 is 2.09 bits per heavy atom. The van der Waals surface area contributed by atoms with Crippen molar-refractivity contribution in [2.75, 3.05) is 13.2 Å². The second-order valence-corrected chi connectivity index (χ2v) is 7.23. The van der Waals surface area contributed by atoms with Gasteiger partial charge in [-0.15, -0.1) is 0 Å². The molecule has 0 bridgehead atoms. The topological polar surface area (TPSA) is 86.7 Å². The molecule has 2 rings (SSSR count). The number of fused-ring (bicyclic) bond motifs is 1. The van der Waals surface area contributed by atoms with E-state index in [0.29, 0.717) is 30.5 Å². The van der Waals surface area contributed by atoms with Crippen LogP contribution in [0.3, 0.4) is 0 Å². The molecule has 1 atom stereocenters. The summed E-state index contributed by atoms with van der Waals surface area (Å²) in [4.78, 5) is 25.4. The van der Waals surface area contributed by atoms with Crippen molar-refractivity contribution in [3.8, 4) is 0 Å². The van der Waals surface area contributed by atoms with Crippen LogP contribution in [-0.4, -0.2) is 38.6 Å². The van der Waals surface area contributed by atoms with Gasteiger partial charge in [-0.1, -0.05) is 25.0 Å². The number of benzene rings is 1. The normalized spacial score (nSPS) is 16.0. The summed E-state index contributed by atoms with van der Waals surface area (Å²) in [5, 5.41) is 0. The average Bonchev–Trinajstić information content (AvgIpc) is 2.70. The SMILES string of the molecule is O=C1c2ccccc2C(=O)N1CCCCCCOS(=O)([O-])=S.[Na+]. The second kappa shape index (κ2) is 9.22. The smallest absolute Gasteiger partial charge is 0.748 e. The fourth-order valence-electron chi connectivity index (χ4n) is 2.33. The molecular formula is C14H16NNaO5S2. The molecule has 1 aromatic rings. The third kappa shape index (κ3) is 5.90. The van der Waals surface area contributed by atoms with E-state index in [4.69, 9.17) is 0 Å². The minimum Gasteiger partial charge on any atom is -0.748 e. The molecule has 1 aromatic carbocycles. The fraction of sp³-hybridized carbons (Fsp3) is 0.429. The van der Waals surface area contributed by atoms with Crippen LogP contribution >= 0.6 is 0 Å². The van der Waals surface area contributed by atoms with Crippen LogP contribution in [0.4, 0.5) is 0 Å². The van der Waals surface area contributed by atoms with E-state index in [2.05, 4.69) is 15.4 Å². The van der Waals surface area contributed by atoms with Gasteiger partial charge in [0.2, 0.25) is 0 Å². The molecule has 0 aliphatic carbocycles. The number of amides is 2. The van der Waals surface area contributed by atoms with Crippen LogP contribution in [0.1, 0.15) is 46.4 Å². The zero-order valence-electron chi connectivity index (χ0n) is 12.9.